The van der Waals surface area contributed by atoms with Gasteiger partial charge in [-0.15, -0.1) is 0 Å². The molecule has 0 aromatic rings. The van der Waals surface area contributed by atoms with Crippen LogP contribution in [0, 0.1) is 5.92 Å². The first-order chi connectivity index (χ1) is 9.21. The Morgan fingerprint density at radius 2 is 1.95 bits per heavy atom. The van der Waals surface area contributed by atoms with Gasteiger partial charge in [-0.3, -0.25) is 0 Å². The van der Waals surface area contributed by atoms with Crippen molar-refractivity contribution in [3.63, 3.8) is 0 Å². The SMILES string of the molecule is CC(C)CC(C)(O)CNC1CCN(C(=O)N(C)C)CC1. The van der Waals surface area contributed by atoms with Crippen LogP contribution in [0.2, 0.25) is 0 Å². The molecule has 1 aliphatic heterocycles. The van der Waals surface area contributed by atoms with Crippen molar-refractivity contribution in [2.75, 3.05) is 33.7 Å². The Morgan fingerprint density at radius 3 is 2.40 bits per heavy atom. The molecule has 0 aromatic carbocycles. The number of piperidine rings is 1. The molecule has 0 saturated carbocycles. The van der Waals surface area contributed by atoms with Crippen LogP contribution in [0.25, 0.3) is 0 Å². The number of hydrogen-bond donors (Lipinski definition) is 2. The highest BCUT2D eigenvalue weighted by Crippen LogP contribution is 2.17. The van der Waals surface area contributed by atoms with Gasteiger partial charge in [0.15, 0.2) is 0 Å². The highest BCUT2D eigenvalue weighted by Gasteiger charge is 2.26. The van der Waals surface area contributed by atoms with E-state index in [9.17, 15) is 9.90 Å². The Morgan fingerprint density at radius 1 is 1.40 bits per heavy atom. The van der Waals surface area contributed by atoms with Gasteiger partial charge in [-0.1, -0.05) is 13.8 Å². The van der Waals surface area contributed by atoms with Gasteiger partial charge < -0.3 is 20.2 Å². The monoisotopic (exact) mass is 285 g/mol. The van der Waals surface area contributed by atoms with Gasteiger partial charge in [0.2, 0.25) is 0 Å². The fourth-order valence-corrected chi connectivity index (χ4v) is 2.87. The normalized spacial score (nSPS) is 20.1. The molecule has 1 atom stereocenters. The average Bonchev–Trinajstić information content (AvgIpc) is 2.34. The summed E-state index contributed by atoms with van der Waals surface area (Å²) in [6, 6.07) is 0.495. The molecule has 0 aromatic heterocycles. The van der Waals surface area contributed by atoms with Gasteiger partial charge >= 0.3 is 6.03 Å². The van der Waals surface area contributed by atoms with Crippen LogP contribution in [0.3, 0.4) is 0 Å². The number of nitrogens with one attached hydrogen (secondary N) is 1. The van der Waals surface area contributed by atoms with Gasteiger partial charge in [0.25, 0.3) is 0 Å². The number of nitrogens with zero attached hydrogens (tertiary/aromatic N) is 2. The van der Waals surface area contributed by atoms with E-state index in [0.29, 0.717) is 18.5 Å². The maximum Gasteiger partial charge on any atom is 0.319 e. The Balaban J connectivity index is 2.31. The third kappa shape index (κ3) is 5.67. The van der Waals surface area contributed by atoms with Gasteiger partial charge in [-0.2, -0.15) is 0 Å². The largest absolute Gasteiger partial charge is 0.389 e. The van der Waals surface area contributed by atoms with Gasteiger partial charge in [0.05, 0.1) is 5.60 Å². The molecule has 0 radical (unpaired) electrons. The predicted molar refractivity (Wildman–Crippen MR) is 81.8 cm³/mol. The Bertz CT molecular complexity index is 308. The zero-order valence-electron chi connectivity index (χ0n) is 13.6. The summed E-state index contributed by atoms with van der Waals surface area (Å²) in [6.45, 7) is 8.35. The van der Waals surface area contributed by atoms with E-state index in [0.717, 1.165) is 32.4 Å². The third-order valence-electron chi connectivity index (χ3n) is 3.77. The number of rotatable bonds is 5. The van der Waals surface area contributed by atoms with E-state index in [1.807, 2.05) is 11.8 Å². The van der Waals surface area contributed by atoms with Gasteiger partial charge in [0.1, 0.15) is 0 Å². The molecule has 1 aliphatic rings. The Labute approximate surface area is 123 Å². The zero-order chi connectivity index (χ0) is 15.3. The molecule has 1 rings (SSSR count). The van der Waals surface area contributed by atoms with Crippen molar-refractivity contribution < 1.29 is 9.90 Å². The fraction of sp³-hybridized carbons (Fsp3) is 0.933. The van der Waals surface area contributed by atoms with E-state index in [1.54, 1.807) is 19.0 Å². The van der Waals surface area contributed by atoms with Crippen molar-refractivity contribution in [1.29, 1.82) is 0 Å². The summed E-state index contributed by atoms with van der Waals surface area (Å²) in [5.74, 6) is 0.492. The van der Waals surface area contributed by atoms with E-state index in [2.05, 4.69) is 19.2 Å². The third-order valence-corrected chi connectivity index (χ3v) is 3.77. The minimum atomic E-state index is -0.648. The summed E-state index contributed by atoms with van der Waals surface area (Å²) in [7, 11) is 3.57. The van der Waals surface area contributed by atoms with E-state index >= 15 is 0 Å². The second-order valence-electron chi connectivity index (χ2n) is 6.91. The number of hydrogen-bond acceptors (Lipinski definition) is 3. The quantitative estimate of drug-likeness (QED) is 0.805. The van der Waals surface area contributed by atoms with Crippen molar-refractivity contribution in [3.05, 3.63) is 0 Å². The molecule has 1 unspecified atom stereocenters. The first-order valence-corrected chi connectivity index (χ1v) is 7.63. The van der Waals surface area contributed by atoms with Gasteiger partial charge in [0, 0.05) is 39.8 Å². The van der Waals surface area contributed by atoms with Crippen LogP contribution >= 0.6 is 0 Å². The number of likely N-dealkylation sites (tertiary alicyclic amines) is 1. The zero-order valence-corrected chi connectivity index (χ0v) is 13.6. The lowest BCUT2D eigenvalue weighted by molar-refractivity contribution is 0.0334. The summed E-state index contributed by atoms with van der Waals surface area (Å²) in [5, 5.41) is 13.7. The molecular weight excluding hydrogens is 254 g/mol. The minimum Gasteiger partial charge on any atom is -0.389 e. The summed E-state index contributed by atoms with van der Waals surface area (Å²) in [4.78, 5) is 15.4. The molecule has 0 aliphatic carbocycles. The molecule has 1 heterocycles. The number of amides is 2. The van der Waals surface area contributed by atoms with E-state index in [1.165, 1.54) is 0 Å². The second-order valence-corrected chi connectivity index (χ2v) is 6.91. The van der Waals surface area contributed by atoms with Gasteiger partial charge in [-0.05, 0) is 32.1 Å². The van der Waals surface area contributed by atoms with Crippen molar-refractivity contribution in [3.8, 4) is 0 Å². The maximum atomic E-state index is 11.8. The fourth-order valence-electron chi connectivity index (χ4n) is 2.87. The van der Waals surface area contributed by atoms with Crippen LogP contribution < -0.4 is 5.32 Å². The van der Waals surface area contributed by atoms with Crippen molar-refractivity contribution >= 4 is 6.03 Å². The molecule has 0 bridgehead atoms. The smallest absolute Gasteiger partial charge is 0.319 e. The lowest BCUT2D eigenvalue weighted by Gasteiger charge is -2.35. The molecule has 2 N–H and O–H groups in total. The van der Waals surface area contributed by atoms with E-state index in [-0.39, 0.29) is 6.03 Å². The molecular formula is C15H31N3O2. The average molecular weight is 285 g/mol. The highest BCUT2D eigenvalue weighted by atomic mass is 16.3. The lowest BCUT2D eigenvalue weighted by Crippen LogP contribution is -2.50. The number of aliphatic hydroxyl groups is 1. The molecule has 1 fully saturated rings. The lowest BCUT2D eigenvalue weighted by atomic mass is 9.93. The van der Waals surface area contributed by atoms with Crippen LogP contribution in [0.1, 0.15) is 40.0 Å². The molecule has 20 heavy (non-hydrogen) atoms. The minimum absolute atomic E-state index is 0.0928. The predicted octanol–water partition coefficient (Wildman–Crippen LogP) is 1.52. The molecule has 0 spiro atoms. The molecule has 118 valence electrons. The van der Waals surface area contributed by atoms with Crippen molar-refractivity contribution in [2.24, 2.45) is 5.92 Å². The van der Waals surface area contributed by atoms with Crippen LogP contribution in [0.5, 0.6) is 0 Å². The van der Waals surface area contributed by atoms with Gasteiger partial charge in [-0.25, -0.2) is 4.79 Å². The van der Waals surface area contributed by atoms with Crippen LogP contribution in [0.4, 0.5) is 4.79 Å². The summed E-state index contributed by atoms with van der Waals surface area (Å²) < 4.78 is 0. The van der Waals surface area contributed by atoms with Crippen LogP contribution in [-0.2, 0) is 0 Å². The highest BCUT2D eigenvalue weighted by molar-refractivity contribution is 5.73. The van der Waals surface area contributed by atoms with E-state index in [4.69, 9.17) is 0 Å². The first kappa shape index (κ1) is 17.2. The standard InChI is InChI=1S/C15H31N3O2/c1-12(2)10-15(3,20)11-16-13-6-8-18(9-7-13)14(19)17(4)5/h12-13,16,20H,6-11H2,1-5H3. The molecule has 2 amide bonds. The van der Waals surface area contributed by atoms with Crippen LogP contribution in [0.15, 0.2) is 0 Å². The number of carbonyl (C=O) groups excluding carboxylic acids is 1. The molecule has 1 saturated heterocycles. The van der Waals surface area contributed by atoms with Crippen molar-refractivity contribution in [2.45, 2.75) is 51.7 Å². The van der Waals surface area contributed by atoms with Crippen molar-refractivity contribution in [1.82, 2.24) is 15.1 Å². The van der Waals surface area contributed by atoms with Crippen LogP contribution in [-0.4, -0.2) is 66.3 Å². The Hall–Kier alpha value is -0.810. The molecule has 5 heteroatoms. The second kappa shape index (κ2) is 7.27. The summed E-state index contributed by atoms with van der Waals surface area (Å²) in [6.07, 6.45) is 2.71. The maximum absolute atomic E-state index is 11.8. The molecule has 5 nitrogen and oxygen atoms in total. The number of urea groups is 1. The Kier molecular flexibility index (Phi) is 6.27. The summed E-state index contributed by atoms with van der Waals surface area (Å²) in [5.41, 5.74) is -0.648. The first-order valence-electron chi connectivity index (χ1n) is 7.63. The number of carbonyl (C=O) groups is 1. The topological polar surface area (TPSA) is 55.8 Å². The summed E-state index contributed by atoms with van der Waals surface area (Å²) >= 11 is 0. The van der Waals surface area contributed by atoms with E-state index < -0.39 is 5.60 Å².